The van der Waals surface area contributed by atoms with Crippen molar-refractivity contribution < 1.29 is 24.0 Å². The SMILES string of the molecule is O=C(O)COc1ccc(C=Nn2c(-c3cc4cc(Cl)ccc4o3)nc3ccccc3c2=O)cc1[N+](=O)[O-]. The van der Waals surface area contributed by atoms with Crippen molar-refractivity contribution in [2.75, 3.05) is 6.61 Å². The Balaban J connectivity index is 1.63. The number of aliphatic carboxylic acids is 1. The first-order valence-electron chi connectivity index (χ1n) is 10.7. The molecule has 0 fully saturated rings. The molecule has 0 spiro atoms. The van der Waals surface area contributed by atoms with E-state index in [0.29, 0.717) is 26.9 Å². The number of carbonyl (C=O) groups is 1. The lowest BCUT2D eigenvalue weighted by Crippen LogP contribution is -2.20. The number of aromatic nitrogens is 2. The summed E-state index contributed by atoms with van der Waals surface area (Å²) in [6.07, 6.45) is 1.24. The summed E-state index contributed by atoms with van der Waals surface area (Å²) < 4.78 is 11.9. The second kappa shape index (κ2) is 9.55. The number of nitro benzene ring substituents is 1. The molecular weight excluding hydrogens is 504 g/mol. The third-order valence-electron chi connectivity index (χ3n) is 5.31. The van der Waals surface area contributed by atoms with E-state index in [1.807, 2.05) is 0 Å². The fourth-order valence-corrected chi connectivity index (χ4v) is 3.84. The normalized spacial score (nSPS) is 11.4. The molecule has 0 aliphatic carbocycles. The van der Waals surface area contributed by atoms with Gasteiger partial charge in [0.1, 0.15) is 5.58 Å². The zero-order valence-electron chi connectivity index (χ0n) is 18.7. The number of rotatable bonds is 7. The highest BCUT2D eigenvalue weighted by molar-refractivity contribution is 6.31. The number of furan rings is 1. The van der Waals surface area contributed by atoms with Gasteiger partial charge in [0, 0.05) is 22.0 Å². The highest BCUT2D eigenvalue weighted by Gasteiger charge is 2.18. The molecule has 37 heavy (non-hydrogen) atoms. The van der Waals surface area contributed by atoms with E-state index in [-0.39, 0.29) is 22.9 Å². The van der Waals surface area contributed by atoms with Gasteiger partial charge in [-0.25, -0.2) is 9.78 Å². The second-order valence-electron chi connectivity index (χ2n) is 7.77. The molecule has 2 aromatic heterocycles. The third kappa shape index (κ3) is 4.75. The lowest BCUT2D eigenvalue weighted by atomic mass is 10.2. The van der Waals surface area contributed by atoms with Gasteiger partial charge < -0.3 is 14.3 Å². The molecule has 184 valence electrons. The molecule has 0 atom stereocenters. The first-order chi connectivity index (χ1) is 17.8. The summed E-state index contributed by atoms with van der Waals surface area (Å²) in [7, 11) is 0. The first kappa shape index (κ1) is 23.7. The quantitative estimate of drug-likeness (QED) is 0.185. The van der Waals surface area contributed by atoms with E-state index in [1.54, 1.807) is 48.5 Å². The van der Waals surface area contributed by atoms with Crippen molar-refractivity contribution in [1.29, 1.82) is 0 Å². The van der Waals surface area contributed by atoms with Crippen LogP contribution in [-0.4, -0.2) is 38.5 Å². The summed E-state index contributed by atoms with van der Waals surface area (Å²) in [6, 6.07) is 17.4. The highest BCUT2D eigenvalue weighted by Crippen LogP contribution is 2.30. The summed E-state index contributed by atoms with van der Waals surface area (Å²) >= 11 is 6.09. The van der Waals surface area contributed by atoms with Gasteiger partial charge in [-0.05, 0) is 48.5 Å². The van der Waals surface area contributed by atoms with Crippen LogP contribution in [0.25, 0.3) is 33.5 Å². The van der Waals surface area contributed by atoms with Crippen LogP contribution in [0.15, 0.2) is 81.0 Å². The maximum absolute atomic E-state index is 13.4. The number of nitro groups is 1. The number of hydrogen-bond acceptors (Lipinski definition) is 8. The molecule has 0 bridgehead atoms. The molecule has 5 rings (SSSR count). The van der Waals surface area contributed by atoms with E-state index in [4.69, 9.17) is 25.9 Å². The fraction of sp³-hybridized carbons (Fsp3) is 0.0400. The molecule has 0 aliphatic rings. The predicted octanol–water partition coefficient (Wildman–Crippen LogP) is 4.72. The van der Waals surface area contributed by atoms with Gasteiger partial charge in [0.05, 0.1) is 22.0 Å². The van der Waals surface area contributed by atoms with Crippen LogP contribution in [0.4, 0.5) is 5.69 Å². The van der Waals surface area contributed by atoms with Crippen molar-refractivity contribution in [3.63, 3.8) is 0 Å². The van der Waals surface area contributed by atoms with Crippen molar-refractivity contribution >= 4 is 51.3 Å². The van der Waals surface area contributed by atoms with Gasteiger partial charge in [-0.1, -0.05) is 23.7 Å². The molecular formula is C25H15ClN4O7. The minimum atomic E-state index is -1.27. The van der Waals surface area contributed by atoms with Gasteiger partial charge >= 0.3 is 11.7 Å². The molecule has 0 saturated heterocycles. The predicted molar refractivity (Wildman–Crippen MR) is 135 cm³/mol. The summed E-state index contributed by atoms with van der Waals surface area (Å²) in [5.74, 6) is -1.11. The molecule has 3 aromatic carbocycles. The highest BCUT2D eigenvalue weighted by atomic mass is 35.5. The third-order valence-corrected chi connectivity index (χ3v) is 5.54. The van der Waals surface area contributed by atoms with Gasteiger partial charge in [-0.3, -0.25) is 14.9 Å². The Morgan fingerprint density at radius 3 is 2.78 bits per heavy atom. The zero-order valence-corrected chi connectivity index (χ0v) is 19.5. The van der Waals surface area contributed by atoms with E-state index in [9.17, 15) is 19.7 Å². The van der Waals surface area contributed by atoms with Gasteiger partial charge in [0.25, 0.3) is 5.56 Å². The Bertz CT molecular complexity index is 1790. The summed E-state index contributed by atoms with van der Waals surface area (Å²) in [6.45, 7) is -0.738. The Labute approximate surface area is 211 Å². The molecule has 12 heteroatoms. The molecule has 1 N–H and O–H groups in total. The van der Waals surface area contributed by atoms with Crippen LogP contribution < -0.4 is 10.3 Å². The smallest absolute Gasteiger partial charge is 0.341 e. The molecule has 0 aliphatic heterocycles. The van der Waals surface area contributed by atoms with Crippen molar-refractivity contribution in [3.05, 3.63) is 97.8 Å². The van der Waals surface area contributed by atoms with Crippen LogP contribution in [-0.2, 0) is 4.79 Å². The fourth-order valence-electron chi connectivity index (χ4n) is 3.66. The Morgan fingerprint density at radius 1 is 1.19 bits per heavy atom. The zero-order chi connectivity index (χ0) is 26.1. The van der Waals surface area contributed by atoms with Gasteiger partial charge in [-0.2, -0.15) is 9.78 Å². The Morgan fingerprint density at radius 2 is 2.00 bits per heavy atom. The number of ether oxygens (including phenoxy) is 1. The monoisotopic (exact) mass is 518 g/mol. The largest absolute Gasteiger partial charge is 0.479 e. The number of carboxylic acid groups (broad SMARTS) is 1. The van der Waals surface area contributed by atoms with Crippen LogP contribution in [0.1, 0.15) is 5.56 Å². The number of carboxylic acids is 1. The van der Waals surface area contributed by atoms with E-state index in [1.165, 1.54) is 18.3 Å². The number of fused-ring (bicyclic) bond motifs is 2. The maximum Gasteiger partial charge on any atom is 0.341 e. The number of hydrogen-bond donors (Lipinski definition) is 1. The van der Waals surface area contributed by atoms with E-state index in [2.05, 4.69) is 10.1 Å². The summed E-state index contributed by atoms with van der Waals surface area (Å²) in [4.78, 5) is 39.5. The Kier molecular flexibility index (Phi) is 6.12. The van der Waals surface area contributed by atoms with Crippen LogP contribution in [0.2, 0.25) is 5.02 Å². The number of para-hydroxylation sites is 1. The van der Waals surface area contributed by atoms with Crippen LogP contribution >= 0.6 is 11.6 Å². The molecule has 0 saturated carbocycles. The standard InChI is InChI=1S/C25H15ClN4O7/c26-16-6-8-20-15(10-16)11-22(37-20)24-28-18-4-2-1-3-17(18)25(33)29(24)27-12-14-5-7-21(36-13-23(31)32)19(9-14)30(34)35/h1-12H,13H2,(H,31,32). The maximum atomic E-state index is 13.4. The lowest BCUT2D eigenvalue weighted by Gasteiger charge is -2.07. The van der Waals surface area contributed by atoms with Gasteiger partial charge in [-0.15, -0.1) is 0 Å². The molecule has 0 radical (unpaired) electrons. The molecule has 2 heterocycles. The van der Waals surface area contributed by atoms with E-state index >= 15 is 0 Å². The number of benzene rings is 3. The average molecular weight is 519 g/mol. The molecule has 5 aromatic rings. The van der Waals surface area contributed by atoms with Crippen LogP contribution in [0.3, 0.4) is 0 Å². The number of halogens is 1. The number of nitrogens with zero attached hydrogens (tertiary/aromatic N) is 4. The van der Waals surface area contributed by atoms with Crippen LogP contribution in [0.5, 0.6) is 5.75 Å². The van der Waals surface area contributed by atoms with E-state index in [0.717, 1.165) is 10.7 Å². The molecule has 11 nitrogen and oxygen atoms in total. The minimum Gasteiger partial charge on any atom is -0.479 e. The second-order valence-corrected chi connectivity index (χ2v) is 8.21. The summed E-state index contributed by atoms with van der Waals surface area (Å²) in [5, 5.41) is 26.1. The topological polar surface area (TPSA) is 150 Å². The van der Waals surface area contributed by atoms with Crippen LogP contribution in [0, 0.1) is 10.1 Å². The van der Waals surface area contributed by atoms with Gasteiger partial charge in [0.15, 0.2) is 18.1 Å². The van der Waals surface area contributed by atoms with Crippen molar-refractivity contribution in [1.82, 2.24) is 9.66 Å². The van der Waals surface area contributed by atoms with Crippen molar-refractivity contribution in [3.8, 4) is 17.3 Å². The first-order valence-corrected chi connectivity index (χ1v) is 11.1. The summed E-state index contributed by atoms with van der Waals surface area (Å²) in [5.41, 5.74) is 0.291. The minimum absolute atomic E-state index is 0.114. The van der Waals surface area contributed by atoms with Crippen molar-refractivity contribution in [2.45, 2.75) is 0 Å². The lowest BCUT2D eigenvalue weighted by molar-refractivity contribution is -0.385. The molecule has 0 unspecified atom stereocenters. The molecule has 0 amide bonds. The average Bonchev–Trinajstić information content (AvgIpc) is 3.30. The van der Waals surface area contributed by atoms with E-state index < -0.39 is 28.7 Å². The van der Waals surface area contributed by atoms with Crippen molar-refractivity contribution in [2.24, 2.45) is 5.10 Å². The Hall–Kier alpha value is -5.03. The van der Waals surface area contributed by atoms with Gasteiger partial charge in [0.2, 0.25) is 5.82 Å².